The van der Waals surface area contributed by atoms with Crippen LogP contribution in [-0.4, -0.2) is 37.7 Å². The van der Waals surface area contributed by atoms with Crippen molar-refractivity contribution in [2.24, 2.45) is 11.7 Å². The standard InChI is InChI=1S/C17H25N3O.ClH/c1-2-21-17-6-5-14(11-18)10-16(17)7-9-20-8-3-4-15(12-19)13-20;/h5-6,10,15H,2-4,7-9,12-13,19H2,1H3;1H/t15-;/m0./s1. The zero-order chi connectivity index (χ0) is 15.1. The fourth-order valence-electron chi connectivity index (χ4n) is 2.97. The van der Waals surface area contributed by atoms with Crippen molar-refractivity contribution in [3.8, 4) is 11.8 Å². The van der Waals surface area contributed by atoms with Crippen molar-refractivity contribution in [1.82, 2.24) is 4.90 Å². The van der Waals surface area contributed by atoms with Gasteiger partial charge in [-0.2, -0.15) is 5.26 Å². The minimum Gasteiger partial charge on any atom is -0.494 e. The number of hydrogen-bond donors (Lipinski definition) is 1. The van der Waals surface area contributed by atoms with Gasteiger partial charge in [-0.1, -0.05) is 0 Å². The molecule has 2 N–H and O–H groups in total. The number of nitriles is 1. The van der Waals surface area contributed by atoms with E-state index in [0.717, 1.165) is 43.9 Å². The van der Waals surface area contributed by atoms with Crippen LogP contribution in [-0.2, 0) is 6.42 Å². The van der Waals surface area contributed by atoms with Gasteiger partial charge < -0.3 is 15.4 Å². The molecular weight excluding hydrogens is 298 g/mol. The normalized spacial score (nSPS) is 18.3. The van der Waals surface area contributed by atoms with Gasteiger partial charge in [-0.15, -0.1) is 12.4 Å². The lowest BCUT2D eigenvalue weighted by Crippen LogP contribution is -2.39. The molecule has 1 aromatic rings. The van der Waals surface area contributed by atoms with Crippen LogP contribution in [0.25, 0.3) is 0 Å². The molecule has 1 aliphatic rings. The first-order valence-corrected chi connectivity index (χ1v) is 7.85. The summed E-state index contributed by atoms with van der Waals surface area (Å²) in [6.07, 6.45) is 3.40. The summed E-state index contributed by atoms with van der Waals surface area (Å²) < 4.78 is 5.67. The molecular formula is C17H26ClN3O. The zero-order valence-corrected chi connectivity index (χ0v) is 14.1. The van der Waals surface area contributed by atoms with E-state index >= 15 is 0 Å². The summed E-state index contributed by atoms with van der Waals surface area (Å²) >= 11 is 0. The highest BCUT2D eigenvalue weighted by Crippen LogP contribution is 2.22. The molecule has 0 unspecified atom stereocenters. The Morgan fingerprint density at radius 2 is 2.27 bits per heavy atom. The number of ether oxygens (including phenoxy) is 1. The Balaban J connectivity index is 0.00000242. The summed E-state index contributed by atoms with van der Waals surface area (Å²) in [4.78, 5) is 2.48. The maximum atomic E-state index is 9.05. The topological polar surface area (TPSA) is 62.3 Å². The van der Waals surface area contributed by atoms with Gasteiger partial charge in [0.1, 0.15) is 5.75 Å². The largest absolute Gasteiger partial charge is 0.494 e. The van der Waals surface area contributed by atoms with Gasteiger partial charge in [-0.05, 0) is 69.0 Å². The molecule has 0 aliphatic carbocycles. The Labute approximate surface area is 139 Å². The number of nitrogens with two attached hydrogens (primary N) is 1. The average Bonchev–Trinajstić information content (AvgIpc) is 2.54. The van der Waals surface area contributed by atoms with Crippen molar-refractivity contribution >= 4 is 12.4 Å². The fraction of sp³-hybridized carbons (Fsp3) is 0.588. The van der Waals surface area contributed by atoms with E-state index in [4.69, 9.17) is 15.7 Å². The number of benzene rings is 1. The maximum Gasteiger partial charge on any atom is 0.122 e. The molecule has 1 aliphatic heterocycles. The summed E-state index contributed by atoms with van der Waals surface area (Å²) in [5, 5.41) is 9.05. The first-order chi connectivity index (χ1) is 10.3. The number of hydrogen-bond acceptors (Lipinski definition) is 4. The Kier molecular flexibility index (Phi) is 8.26. The highest BCUT2D eigenvalue weighted by Gasteiger charge is 2.18. The summed E-state index contributed by atoms with van der Waals surface area (Å²) in [7, 11) is 0. The van der Waals surface area contributed by atoms with Crippen LogP contribution in [0.2, 0.25) is 0 Å². The molecule has 0 radical (unpaired) electrons. The van der Waals surface area contributed by atoms with Crippen LogP contribution >= 0.6 is 12.4 Å². The van der Waals surface area contributed by atoms with E-state index in [9.17, 15) is 0 Å². The summed E-state index contributed by atoms with van der Waals surface area (Å²) in [6, 6.07) is 7.89. The van der Waals surface area contributed by atoms with E-state index in [1.807, 2.05) is 25.1 Å². The predicted octanol–water partition coefficient (Wildman–Crippen LogP) is 2.59. The molecule has 0 spiro atoms. The Morgan fingerprint density at radius 1 is 1.45 bits per heavy atom. The highest BCUT2D eigenvalue weighted by atomic mass is 35.5. The van der Waals surface area contributed by atoms with Crippen LogP contribution in [0, 0.1) is 17.2 Å². The lowest BCUT2D eigenvalue weighted by molar-refractivity contribution is 0.179. The lowest BCUT2D eigenvalue weighted by Gasteiger charge is -2.32. The Hall–Kier alpha value is -1.28. The summed E-state index contributed by atoms with van der Waals surface area (Å²) in [5.74, 6) is 1.54. The molecule has 1 atom stereocenters. The molecule has 4 nitrogen and oxygen atoms in total. The molecule has 0 aromatic heterocycles. The quantitative estimate of drug-likeness (QED) is 0.874. The molecule has 2 rings (SSSR count). The predicted molar refractivity (Wildman–Crippen MR) is 91.5 cm³/mol. The van der Waals surface area contributed by atoms with Crippen LogP contribution in [0.5, 0.6) is 5.75 Å². The van der Waals surface area contributed by atoms with Crippen LogP contribution in [0.3, 0.4) is 0 Å². The summed E-state index contributed by atoms with van der Waals surface area (Å²) in [6.45, 7) is 6.67. The number of piperidine rings is 1. The first kappa shape index (κ1) is 18.8. The maximum absolute atomic E-state index is 9.05. The van der Waals surface area contributed by atoms with Gasteiger partial charge in [-0.3, -0.25) is 0 Å². The molecule has 0 saturated carbocycles. The van der Waals surface area contributed by atoms with Gasteiger partial charge >= 0.3 is 0 Å². The number of likely N-dealkylation sites (tertiary alicyclic amines) is 1. The van der Waals surface area contributed by atoms with Crippen molar-refractivity contribution in [3.05, 3.63) is 29.3 Å². The van der Waals surface area contributed by atoms with E-state index in [1.54, 1.807) is 0 Å². The fourth-order valence-corrected chi connectivity index (χ4v) is 2.97. The molecule has 22 heavy (non-hydrogen) atoms. The van der Waals surface area contributed by atoms with Crippen LogP contribution in [0.4, 0.5) is 0 Å². The third-order valence-corrected chi connectivity index (χ3v) is 4.12. The molecule has 1 fully saturated rings. The number of nitrogens with zero attached hydrogens (tertiary/aromatic N) is 2. The second-order valence-electron chi connectivity index (χ2n) is 5.66. The monoisotopic (exact) mass is 323 g/mol. The van der Waals surface area contributed by atoms with Crippen molar-refractivity contribution in [3.63, 3.8) is 0 Å². The summed E-state index contributed by atoms with van der Waals surface area (Å²) in [5.41, 5.74) is 7.62. The molecule has 122 valence electrons. The smallest absolute Gasteiger partial charge is 0.122 e. The van der Waals surface area contributed by atoms with Gasteiger partial charge in [0.2, 0.25) is 0 Å². The van der Waals surface area contributed by atoms with Crippen molar-refractivity contribution < 1.29 is 4.74 Å². The van der Waals surface area contributed by atoms with Crippen molar-refractivity contribution in [1.29, 1.82) is 5.26 Å². The van der Waals surface area contributed by atoms with Crippen LogP contribution in [0.15, 0.2) is 18.2 Å². The number of rotatable bonds is 6. The van der Waals surface area contributed by atoms with E-state index in [0.29, 0.717) is 18.1 Å². The Bertz CT molecular complexity index is 501. The van der Waals surface area contributed by atoms with Crippen LogP contribution in [0.1, 0.15) is 30.9 Å². The Morgan fingerprint density at radius 3 is 2.95 bits per heavy atom. The second kappa shape index (κ2) is 9.68. The SMILES string of the molecule is CCOc1ccc(C#N)cc1CCN1CCC[C@@H](CN)C1.Cl. The minimum atomic E-state index is 0. The van der Waals surface area contributed by atoms with Gasteiger partial charge in [0.05, 0.1) is 18.2 Å². The zero-order valence-electron chi connectivity index (χ0n) is 13.3. The van der Waals surface area contributed by atoms with Gasteiger partial charge in [0.25, 0.3) is 0 Å². The van der Waals surface area contributed by atoms with Crippen LogP contribution < -0.4 is 10.5 Å². The highest BCUT2D eigenvalue weighted by molar-refractivity contribution is 5.85. The number of halogens is 1. The second-order valence-corrected chi connectivity index (χ2v) is 5.66. The molecule has 5 heteroatoms. The van der Waals surface area contributed by atoms with Crippen molar-refractivity contribution in [2.45, 2.75) is 26.2 Å². The van der Waals surface area contributed by atoms with Gasteiger partial charge in [0, 0.05) is 13.1 Å². The molecule has 0 amide bonds. The van der Waals surface area contributed by atoms with Crippen molar-refractivity contribution in [2.75, 3.05) is 32.8 Å². The van der Waals surface area contributed by atoms with E-state index in [-0.39, 0.29) is 12.4 Å². The van der Waals surface area contributed by atoms with E-state index in [1.165, 1.54) is 12.8 Å². The first-order valence-electron chi connectivity index (χ1n) is 7.85. The molecule has 1 aromatic carbocycles. The molecule has 1 heterocycles. The van der Waals surface area contributed by atoms with Gasteiger partial charge in [0.15, 0.2) is 0 Å². The van der Waals surface area contributed by atoms with Gasteiger partial charge in [-0.25, -0.2) is 0 Å². The van der Waals surface area contributed by atoms with E-state index < -0.39 is 0 Å². The third-order valence-electron chi connectivity index (χ3n) is 4.12. The van der Waals surface area contributed by atoms with E-state index in [2.05, 4.69) is 11.0 Å². The molecule has 0 bridgehead atoms. The average molecular weight is 324 g/mol. The minimum absolute atomic E-state index is 0. The third kappa shape index (κ3) is 5.17. The molecule has 1 saturated heterocycles. The lowest BCUT2D eigenvalue weighted by atomic mass is 9.97.